The lowest BCUT2D eigenvalue weighted by atomic mass is 10.0. The zero-order valence-corrected chi connectivity index (χ0v) is 11.6. The minimum Gasteiger partial charge on any atom is -0.330 e. The van der Waals surface area contributed by atoms with Gasteiger partial charge in [-0.15, -0.1) is 0 Å². The van der Waals surface area contributed by atoms with Crippen molar-refractivity contribution < 1.29 is 4.79 Å². The lowest BCUT2D eigenvalue weighted by Gasteiger charge is -2.45. The van der Waals surface area contributed by atoms with E-state index in [9.17, 15) is 4.79 Å². The summed E-state index contributed by atoms with van der Waals surface area (Å²) < 4.78 is 0. The Morgan fingerprint density at radius 2 is 2.11 bits per heavy atom. The molecule has 0 saturated carbocycles. The van der Waals surface area contributed by atoms with Gasteiger partial charge in [0.1, 0.15) is 6.04 Å². The van der Waals surface area contributed by atoms with Crippen molar-refractivity contribution in [1.82, 2.24) is 9.80 Å². The highest BCUT2D eigenvalue weighted by Gasteiger charge is 2.35. The summed E-state index contributed by atoms with van der Waals surface area (Å²) in [6.07, 6.45) is 0.379. The second kappa shape index (κ2) is 6.17. The van der Waals surface area contributed by atoms with Crippen LogP contribution in [0.2, 0.25) is 0 Å². The van der Waals surface area contributed by atoms with Gasteiger partial charge in [0.25, 0.3) is 0 Å². The van der Waals surface area contributed by atoms with Gasteiger partial charge < -0.3 is 15.5 Å². The smallest absolute Gasteiger partial charge is 0.236 e. The van der Waals surface area contributed by atoms with E-state index in [1.54, 1.807) is 0 Å². The van der Waals surface area contributed by atoms with E-state index in [0.29, 0.717) is 26.1 Å². The van der Waals surface area contributed by atoms with Crippen LogP contribution in [0.3, 0.4) is 0 Å². The predicted octanol–water partition coefficient (Wildman–Crippen LogP) is 0.566. The molecule has 1 fully saturated rings. The number of carbonyl (C=O) groups excluding carboxylic acids is 1. The molecule has 0 spiro atoms. The zero-order valence-electron chi connectivity index (χ0n) is 11.6. The molecule has 1 aliphatic rings. The first-order valence-electron chi connectivity index (χ1n) is 6.48. The van der Waals surface area contributed by atoms with E-state index in [2.05, 4.69) is 30.5 Å². The van der Waals surface area contributed by atoms with Crippen molar-refractivity contribution in [1.29, 1.82) is 0 Å². The minimum absolute atomic E-state index is 0.00882. The Kier molecular flexibility index (Phi) is 5.12. The molecule has 0 aromatic rings. The first-order valence-corrected chi connectivity index (χ1v) is 6.48. The molecule has 0 aromatic heterocycles. The summed E-state index contributed by atoms with van der Waals surface area (Å²) in [6, 6.07) is 0.00882. The summed E-state index contributed by atoms with van der Waals surface area (Å²) in [5.74, 6) is 0.0831. The first kappa shape index (κ1) is 14.9. The molecule has 1 rings (SSSR count). The summed E-state index contributed by atoms with van der Waals surface area (Å²) in [4.78, 5) is 19.6. The Balaban J connectivity index is 2.73. The normalized spacial score (nSPS) is 21.7. The van der Waals surface area contributed by atoms with E-state index in [1.807, 2.05) is 4.90 Å². The third kappa shape index (κ3) is 3.69. The highest BCUT2D eigenvalue weighted by atomic mass is 16.2. The zero-order chi connectivity index (χ0) is 13.8. The Morgan fingerprint density at radius 1 is 1.44 bits per heavy atom. The maximum Gasteiger partial charge on any atom is 0.236 e. The fraction of sp³-hybridized carbons (Fsp3) is 0.846. The molecule has 18 heavy (non-hydrogen) atoms. The van der Waals surface area contributed by atoms with Gasteiger partial charge in [-0.1, -0.05) is 0 Å². The molecule has 1 heterocycles. The second-order valence-corrected chi connectivity index (χ2v) is 5.74. The largest absolute Gasteiger partial charge is 0.330 e. The van der Waals surface area contributed by atoms with Crippen LogP contribution >= 0.6 is 0 Å². The molecule has 0 unspecified atom stereocenters. The summed E-state index contributed by atoms with van der Waals surface area (Å²) >= 11 is 0. The third-order valence-corrected chi connectivity index (χ3v) is 3.41. The minimum atomic E-state index is 0.00882. The van der Waals surface area contributed by atoms with Crippen LogP contribution in [0.4, 0.5) is 0 Å². The number of nitrogens with two attached hydrogens (primary N) is 1. The van der Waals surface area contributed by atoms with Gasteiger partial charge >= 0.3 is 0 Å². The van der Waals surface area contributed by atoms with Crippen molar-refractivity contribution in [3.05, 3.63) is 11.4 Å². The van der Waals surface area contributed by atoms with Crippen LogP contribution in [-0.4, -0.2) is 60.0 Å². The second-order valence-electron chi connectivity index (χ2n) is 5.74. The highest BCUT2D eigenvalue weighted by molar-refractivity contribution is 5.77. The molecule has 0 bridgehead atoms. The van der Waals surface area contributed by atoms with Crippen molar-refractivity contribution in [2.24, 2.45) is 5.73 Å². The first-order chi connectivity index (χ1) is 8.40. The van der Waals surface area contributed by atoms with Crippen LogP contribution in [-0.2, 0) is 4.79 Å². The van der Waals surface area contributed by atoms with E-state index in [4.69, 9.17) is 12.3 Å². The lowest BCUT2D eigenvalue weighted by molar-refractivity contribution is -0.136. The Morgan fingerprint density at radius 3 is 2.61 bits per heavy atom. The number of piperazine rings is 1. The van der Waals surface area contributed by atoms with Gasteiger partial charge in [-0.2, -0.15) is 0 Å². The number of nitrogens with zero attached hydrogens (tertiary/aromatic N) is 3. The van der Waals surface area contributed by atoms with Crippen LogP contribution < -0.4 is 5.73 Å². The molecular weight excluding hydrogens is 228 g/mol. The van der Waals surface area contributed by atoms with Crippen LogP contribution in [0.25, 0.3) is 4.85 Å². The standard InChI is InChI=1S/C13H24N4O/c1-13(2,3)16-7-8-17(12(18)5-6-14)11(10-16)9-15-4/h11H,5-10,14H2,1-3H3/t11-/m0/s1. The molecule has 0 radical (unpaired) electrons. The van der Waals surface area contributed by atoms with Crippen molar-refractivity contribution >= 4 is 5.91 Å². The topological polar surface area (TPSA) is 53.9 Å². The number of hydrogen-bond donors (Lipinski definition) is 1. The third-order valence-electron chi connectivity index (χ3n) is 3.41. The molecule has 1 atom stereocenters. The van der Waals surface area contributed by atoms with Crippen molar-refractivity contribution in [2.45, 2.75) is 38.8 Å². The number of hydrogen-bond acceptors (Lipinski definition) is 3. The molecule has 1 saturated heterocycles. The van der Waals surface area contributed by atoms with Crippen molar-refractivity contribution in [3.8, 4) is 0 Å². The van der Waals surface area contributed by atoms with Gasteiger partial charge in [0.05, 0.1) is 0 Å². The molecule has 0 aliphatic carbocycles. The highest BCUT2D eigenvalue weighted by Crippen LogP contribution is 2.20. The Hall–Kier alpha value is -1.12. The summed E-state index contributed by atoms with van der Waals surface area (Å²) in [7, 11) is 0. The Bertz CT molecular complexity index is 329. The molecule has 1 amide bonds. The number of carbonyl (C=O) groups is 1. The quantitative estimate of drug-likeness (QED) is 0.747. The molecule has 102 valence electrons. The summed E-state index contributed by atoms with van der Waals surface area (Å²) in [5.41, 5.74) is 5.52. The molecule has 1 aliphatic heterocycles. The molecular formula is C13H24N4O. The van der Waals surface area contributed by atoms with Crippen molar-refractivity contribution in [3.63, 3.8) is 0 Å². The van der Waals surface area contributed by atoms with Gasteiger partial charge in [-0.05, 0) is 20.8 Å². The summed E-state index contributed by atoms with van der Waals surface area (Å²) in [5, 5.41) is 0. The van der Waals surface area contributed by atoms with E-state index in [0.717, 1.165) is 13.1 Å². The van der Waals surface area contributed by atoms with Gasteiger partial charge in [-0.25, -0.2) is 6.57 Å². The fourth-order valence-corrected chi connectivity index (χ4v) is 2.32. The maximum atomic E-state index is 12.0. The number of rotatable bonds is 3. The average molecular weight is 252 g/mol. The van der Waals surface area contributed by atoms with Gasteiger partial charge in [0.15, 0.2) is 0 Å². The molecule has 2 N–H and O–H groups in total. The van der Waals surface area contributed by atoms with Gasteiger partial charge in [-0.3, -0.25) is 9.69 Å². The van der Waals surface area contributed by atoms with Crippen LogP contribution in [0.5, 0.6) is 0 Å². The average Bonchev–Trinajstić information content (AvgIpc) is 2.28. The van der Waals surface area contributed by atoms with E-state index in [1.165, 1.54) is 0 Å². The molecule has 5 heteroatoms. The van der Waals surface area contributed by atoms with Crippen LogP contribution in [0, 0.1) is 6.57 Å². The van der Waals surface area contributed by atoms with Crippen molar-refractivity contribution in [2.75, 3.05) is 32.7 Å². The number of amides is 1. The van der Waals surface area contributed by atoms with Crippen LogP contribution in [0.1, 0.15) is 27.2 Å². The molecule has 5 nitrogen and oxygen atoms in total. The fourth-order valence-electron chi connectivity index (χ4n) is 2.32. The van der Waals surface area contributed by atoms with E-state index in [-0.39, 0.29) is 17.5 Å². The predicted molar refractivity (Wildman–Crippen MR) is 72.0 cm³/mol. The monoisotopic (exact) mass is 252 g/mol. The van der Waals surface area contributed by atoms with Crippen LogP contribution in [0.15, 0.2) is 0 Å². The molecule has 0 aromatic carbocycles. The SMILES string of the molecule is [C-]#[N+]C[C@H]1CN(C(C)(C)C)CCN1C(=O)CCN. The van der Waals surface area contributed by atoms with E-state index >= 15 is 0 Å². The Labute approximate surface area is 110 Å². The summed E-state index contributed by atoms with van der Waals surface area (Å²) in [6.45, 7) is 16.6. The van der Waals surface area contributed by atoms with Gasteiger partial charge in [0.2, 0.25) is 12.5 Å². The maximum absolute atomic E-state index is 12.0. The lowest BCUT2D eigenvalue weighted by Crippen LogP contribution is -2.60. The van der Waals surface area contributed by atoms with Gasteiger partial charge in [0, 0.05) is 38.1 Å². The van der Waals surface area contributed by atoms with E-state index < -0.39 is 0 Å².